The highest BCUT2D eigenvalue weighted by Gasteiger charge is 2.23. The van der Waals surface area contributed by atoms with Gasteiger partial charge < -0.3 is 9.84 Å². The van der Waals surface area contributed by atoms with Gasteiger partial charge in [0.2, 0.25) is 0 Å². The Hall–Kier alpha value is -1.02. The van der Waals surface area contributed by atoms with Gasteiger partial charge in [0.1, 0.15) is 5.75 Å². The average molecular weight is 278 g/mol. The van der Waals surface area contributed by atoms with Crippen LogP contribution in [0.4, 0.5) is 0 Å². The Bertz CT molecular complexity index is 375. The number of ether oxygens (including phenoxy) is 1. The normalized spacial score (nSPS) is 14.0. The van der Waals surface area contributed by atoms with E-state index in [9.17, 15) is 5.11 Å². The van der Waals surface area contributed by atoms with Crippen LogP contribution in [0.25, 0.3) is 0 Å². The van der Waals surface area contributed by atoms with Gasteiger partial charge in [-0.2, -0.15) is 0 Å². The summed E-state index contributed by atoms with van der Waals surface area (Å²) in [4.78, 5) is 0. The molecule has 1 aromatic carbocycles. The van der Waals surface area contributed by atoms with E-state index in [1.54, 1.807) is 0 Å². The van der Waals surface area contributed by atoms with Crippen LogP contribution in [0.5, 0.6) is 5.75 Å². The van der Waals surface area contributed by atoms with Crippen molar-refractivity contribution in [3.05, 3.63) is 29.8 Å². The van der Waals surface area contributed by atoms with Crippen molar-refractivity contribution in [1.82, 2.24) is 0 Å². The van der Waals surface area contributed by atoms with Gasteiger partial charge in [-0.3, -0.25) is 0 Å². The monoisotopic (exact) mass is 278 g/mol. The van der Waals surface area contributed by atoms with E-state index in [4.69, 9.17) is 4.74 Å². The Labute approximate surface area is 124 Å². The summed E-state index contributed by atoms with van der Waals surface area (Å²) in [6, 6.07) is 8.26. The van der Waals surface area contributed by atoms with Gasteiger partial charge >= 0.3 is 0 Å². The second kappa shape index (κ2) is 9.02. The molecular formula is C18H30O2. The van der Waals surface area contributed by atoms with Crippen LogP contribution in [0.2, 0.25) is 0 Å². The molecule has 1 aromatic rings. The van der Waals surface area contributed by atoms with Crippen molar-refractivity contribution in [2.24, 2.45) is 0 Å². The lowest BCUT2D eigenvalue weighted by molar-refractivity contribution is 0.0171. The van der Waals surface area contributed by atoms with E-state index < -0.39 is 5.60 Å². The van der Waals surface area contributed by atoms with Crippen LogP contribution < -0.4 is 4.74 Å². The first-order valence-corrected chi connectivity index (χ1v) is 8.07. The zero-order chi connectivity index (χ0) is 14.8. The van der Waals surface area contributed by atoms with E-state index in [1.165, 1.54) is 5.56 Å². The highest BCUT2D eigenvalue weighted by Crippen LogP contribution is 2.25. The molecule has 0 aliphatic heterocycles. The molecule has 0 bridgehead atoms. The molecule has 1 unspecified atom stereocenters. The summed E-state index contributed by atoms with van der Waals surface area (Å²) in [6.45, 7) is 7.12. The molecular weight excluding hydrogens is 248 g/mol. The minimum atomic E-state index is -0.504. The molecule has 1 N–H and O–H groups in total. The summed E-state index contributed by atoms with van der Waals surface area (Å²) in [6.07, 6.45) is 6.76. The van der Waals surface area contributed by atoms with Crippen molar-refractivity contribution in [2.45, 2.75) is 71.3 Å². The molecule has 0 spiro atoms. The number of benzene rings is 1. The molecule has 0 aromatic heterocycles. The second-order valence-electron chi connectivity index (χ2n) is 5.68. The van der Waals surface area contributed by atoms with Gasteiger partial charge in [-0.15, -0.1) is 0 Å². The zero-order valence-corrected chi connectivity index (χ0v) is 13.3. The first kappa shape index (κ1) is 17.0. The number of unbranched alkanes of at least 4 members (excludes halogenated alkanes) is 1. The van der Waals surface area contributed by atoms with Gasteiger partial charge in [-0.05, 0) is 49.8 Å². The second-order valence-corrected chi connectivity index (χ2v) is 5.68. The van der Waals surface area contributed by atoms with Gasteiger partial charge in [0, 0.05) is 0 Å². The predicted molar refractivity (Wildman–Crippen MR) is 85.3 cm³/mol. The van der Waals surface area contributed by atoms with E-state index in [2.05, 4.69) is 32.9 Å². The molecule has 0 amide bonds. The maximum atomic E-state index is 10.6. The minimum Gasteiger partial charge on any atom is -0.494 e. The van der Waals surface area contributed by atoms with Crippen LogP contribution in [0.15, 0.2) is 24.3 Å². The molecule has 2 nitrogen and oxygen atoms in total. The number of aryl methyl sites for hydroxylation is 1. The standard InChI is InChI=1S/C18H30O2/c1-4-7-12-18(19,6-3)13-11-16-9-8-10-17(15-16)20-14-5-2/h8-10,15,19H,4-7,11-14H2,1-3H3. The van der Waals surface area contributed by atoms with Crippen LogP contribution >= 0.6 is 0 Å². The molecule has 1 atom stereocenters. The fourth-order valence-electron chi connectivity index (χ4n) is 2.37. The maximum absolute atomic E-state index is 10.6. The lowest BCUT2D eigenvalue weighted by Crippen LogP contribution is -2.28. The fourth-order valence-corrected chi connectivity index (χ4v) is 2.37. The van der Waals surface area contributed by atoms with Crippen molar-refractivity contribution in [3.8, 4) is 5.75 Å². The maximum Gasteiger partial charge on any atom is 0.119 e. The molecule has 0 aliphatic rings. The van der Waals surface area contributed by atoms with Crippen molar-refractivity contribution in [1.29, 1.82) is 0 Å². The van der Waals surface area contributed by atoms with Gasteiger partial charge in [-0.25, -0.2) is 0 Å². The number of hydrogen-bond acceptors (Lipinski definition) is 2. The largest absolute Gasteiger partial charge is 0.494 e. The molecule has 114 valence electrons. The Morgan fingerprint density at radius 3 is 2.55 bits per heavy atom. The Morgan fingerprint density at radius 2 is 1.90 bits per heavy atom. The van der Waals surface area contributed by atoms with E-state index in [0.29, 0.717) is 0 Å². The molecule has 0 radical (unpaired) electrons. The molecule has 0 saturated heterocycles. The topological polar surface area (TPSA) is 29.5 Å². The van der Waals surface area contributed by atoms with Gasteiger partial charge in [0.25, 0.3) is 0 Å². The number of rotatable bonds is 10. The predicted octanol–water partition coefficient (Wildman–Crippen LogP) is 4.74. The minimum absolute atomic E-state index is 0.504. The van der Waals surface area contributed by atoms with Gasteiger partial charge in [0.15, 0.2) is 0 Å². The molecule has 0 heterocycles. The van der Waals surface area contributed by atoms with Crippen LogP contribution in [0.3, 0.4) is 0 Å². The smallest absolute Gasteiger partial charge is 0.119 e. The molecule has 1 rings (SSSR count). The summed E-state index contributed by atoms with van der Waals surface area (Å²) in [5, 5.41) is 10.6. The third kappa shape index (κ3) is 5.96. The van der Waals surface area contributed by atoms with Crippen LogP contribution in [-0.2, 0) is 6.42 Å². The molecule has 20 heavy (non-hydrogen) atoms. The van der Waals surface area contributed by atoms with Crippen LogP contribution in [-0.4, -0.2) is 17.3 Å². The third-order valence-electron chi connectivity index (χ3n) is 3.90. The number of hydrogen-bond donors (Lipinski definition) is 1. The molecule has 2 heteroatoms. The summed E-state index contributed by atoms with van der Waals surface area (Å²) >= 11 is 0. The summed E-state index contributed by atoms with van der Waals surface area (Å²) < 4.78 is 5.66. The van der Waals surface area contributed by atoms with E-state index in [-0.39, 0.29) is 0 Å². The van der Waals surface area contributed by atoms with Crippen LogP contribution in [0, 0.1) is 0 Å². The first-order valence-electron chi connectivity index (χ1n) is 8.07. The third-order valence-corrected chi connectivity index (χ3v) is 3.90. The highest BCUT2D eigenvalue weighted by molar-refractivity contribution is 5.28. The van der Waals surface area contributed by atoms with Crippen LogP contribution in [0.1, 0.15) is 64.9 Å². The molecule has 0 fully saturated rings. The van der Waals surface area contributed by atoms with Crippen molar-refractivity contribution >= 4 is 0 Å². The SMILES string of the molecule is CCCCC(O)(CC)CCc1cccc(OCCC)c1. The fraction of sp³-hybridized carbons (Fsp3) is 0.667. The molecule has 0 aliphatic carbocycles. The first-order chi connectivity index (χ1) is 9.63. The van der Waals surface area contributed by atoms with Crippen molar-refractivity contribution < 1.29 is 9.84 Å². The highest BCUT2D eigenvalue weighted by atomic mass is 16.5. The summed E-state index contributed by atoms with van der Waals surface area (Å²) in [5.74, 6) is 0.943. The van der Waals surface area contributed by atoms with Gasteiger partial charge in [0.05, 0.1) is 12.2 Å². The molecule has 0 saturated carbocycles. The Morgan fingerprint density at radius 1 is 1.10 bits per heavy atom. The van der Waals surface area contributed by atoms with E-state index in [1.807, 2.05) is 12.1 Å². The van der Waals surface area contributed by atoms with E-state index in [0.717, 1.165) is 57.3 Å². The van der Waals surface area contributed by atoms with E-state index >= 15 is 0 Å². The summed E-state index contributed by atoms with van der Waals surface area (Å²) in [7, 11) is 0. The lowest BCUT2D eigenvalue weighted by atomic mass is 9.87. The Kier molecular flexibility index (Phi) is 7.68. The quantitative estimate of drug-likeness (QED) is 0.670. The Balaban J connectivity index is 2.54. The van der Waals surface area contributed by atoms with Crippen molar-refractivity contribution in [2.75, 3.05) is 6.61 Å². The van der Waals surface area contributed by atoms with Gasteiger partial charge in [-0.1, -0.05) is 45.7 Å². The lowest BCUT2D eigenvalue weighted by Gasteiger charge is -2.26. The average Bonchev–Trinajstić information content (AvgIpc) is 2.49. The van der Waals surface area contributed by atoms with Crippen molar-refractivity contribution in [3.63, 3.8) is 0 Å². The summed E-state index contributed by atoms with van der Waals surface area (Å²) in [5.41, 5.74) is 0.748. The zero-order valence-electron chi connectivity index (χ0n) is 13.3. The number of aliphatic hydroxyl groups is 1.